The van der Waals surface area contributed by atoms with Gasteiger partial charge in [-0.1, -0.05) is 0 Å². The lowest BCUT2D eigenvalue weighted by atomic mass is 10.3. The quantitative estimate of drug-likeness (QED) is 0.842. The van der Waals surface area contributed by atoms with E-state index in [9.17, 15) is 4.79 Å². The van der Waals surface area contributed by atoms with Gasteiger partial charge in [-0.2, -0.15) is 5.10 Å². The summed E-state index contributed by atoms with van der Waals surface area (Å²) in [5.41, 5.74) is 0.949. The molecule has 2 aromatic heterocycles. The van der Waals surface area contributed by atoms with Crippen molar-refractivity contribution in [2.24, 2.45) is 7.05 Å². The lowest BCUT2D eigenvalue weighted by Crippen LogP contribution is -2.14. The Hall–Kier alpha value is -2.11. The highest BCUT2D eigenvalue weighted by Crippen LogP contribution is 2.37. The summed E-state index contributed by atoms with van der Waals surface area (Å²) in [7, 11) is 1.89. The molecule has 6 nitrogen and oxygen atoms in total. The van der Waals surface area contributed by atoms with Crippen LogP contribution >= 0.6 is 0 Å². The van der Waals surface area contributed by atoms with Crippen molar-refractivity contribution in [1.82, 2.24) is 19.7 Å². The molecule has 2 N–H and O–H groups in total. The van der Waals surface area contributed by atoms with Crippen molar-refractivity contribution in [2.45, 2.75) is 25.3 Å². The highest BCUT2D eigenvalue weighted by Gasteiger charge is 2.26. The third kappa shape index (κ3) is 2.27. The second-order valence-electron chi connectivity index (χ2n) is 4.59. The molecule has 0 aromatic carbocycles. The van der Waals surface area contributed by atoms with Gasteiger partial charge in [-0.15, -0.1) is 0 Å². The predicted octanol–water partition coefficient (Wildman–Crippen LogP) is 0.993. The largest absolute Gasteiger partial charge is 0.364 e. The monoisotopic (exact) mass is 245 g/mol. The predicted molar refractivity (Wildman–Crippen MR) is 67.4 cm³/mol. The van der Waals surface area contributed by atoms with Crippen molar-refractivity contribution in [3.63, 3.8) is 0 Å². The Morgan fingerprint density at radius 2 is 2.39 bits per heavy atom. The summed E-state index contributed by atoms with van der Waals surface area (Å²) in [6, 6.07) is 3.42. The molecule has 3 rings (SSSR count). The van der Waals surface area contributed by atoms with Gasteiger partial charge in [-0.05, 0) is 18.9 Å². The van der Waals surface area contributed by atoms with Crippen LogP contribution in [-0.4, -0.2) is 19.7 Å². The lowest BCUT2D eigenvalue weighted by molar-refractivity contribution is 0.719. The average Bonchev–Trinajstić information content (AvgIpc) is 3.11. The van der Waals surface area contributed by atoms with Gasteiger partial charge in [0.1, 0.15) is 11.6 Å². The van der Waals surface area contributed by atoms with Crippen molar-refractivity contribution >= 4 is 5.82 Å². The summed E-state index contributed by atoms with van der Waals surface area (Å²) in [6.45, 7) is 0.608. The third-order valence-corrected chi connectivity index (χ3v) is 3.10. The topological polar surface area (TPSA) is 75.6 Å². The molecule has 0 amide bonds. The van der Waals surface area contributed by atoms with Crippen molar-refractivity contribution in [3.05, 3.63) is 40.2 Å². The van der Waals surface area contributed by atoms with Crippen molar-refractivity contribution in [2.75, 3.05) is 5.32 Å². The molecular weight excluding hydrogens is 230 g/mol. The molecular formula is C12H15N5O. The van der Waals surface area contributed by atoms with E-state index >= 15 is 0 Å². The molecule has 94 valence electrons. The molecule has 0 aliphatic heterocycles. The molecule has 2 aromatic rings. The average molecular weight is 245 g/mol. The van der Waals surface area contributed by atoms with E-state index in [0.29, 0.717) is 18.3 Å². The van der Waals surface area contributed by atoms with Crippen LogP contribution in [0.1, 0.15) is 30.3 Å². The summed E-state index contributed by atoms with van der Waals surface area (Å²) < 4.78 is 1.79. The zero-order chi connectivity index (χ0) is 12.5. The summed E-state index contributed by atoms with van der Waals surface area (Å²) >= 11 is 0. The maximum atomic E-state index is 11.5. The Morgan fingerprint density at radius 1 is 1.56 bits per heavy atom. The molecule has 0 atom stereocenters. The van der Waals surface area contributed by atoms with E-state index < -0.39 is 0 Å². The number of rotatable bonds is 4. The van der Waals surface area contributed by atoms with E-state index in [4.69, 9.17) is 0 Å². The summed E-state index contributed by atoms with van der Waals surface area (Å²) in [6.07, 6.45) is 3.99. The van der Waals surface area contributed by atoms with E-state index in [1.165, 1.54) is 6.07 Å². The molecule has 0 bridgehead atoms. The first-order valence-corrected chi connectivity index (χ1v) is 6.04. The molecule has 0 unspecified atom stereocenters. The molecule has 1 aliphatic rings. The SMILES string of the molecule is Cn1nccc1CNc1cc(=O)[nH]c(C2CC2)n1. The van der Waals surface area contributed by atoms with Crippen molar-refractivity contribution in [3.8, 4) is 0 Å². The Bertz CT molecular complexity index is 611. The van der Waals surface area contributed by atoms with Gasteiger partial charge in [-0.3, -0.25) is 9.48 Å². The maximum Gasteiger partial charge on any atom is 0.252 e. The first-order chi connectivity index (χ1) is 8.72. The van der Waals surface area contributed by atoms with Crippen LogP contribution in [0.5, 0.6) is 0 Å². The van der Waals surface area contributed by atoms with Crippen LogP contribution in [0.3, 0.4) is 0 Å². The van der Waals surface area contributed by atoms with Gasteiger partial charge >= 0.3 is 0 Å². The number of anilines is 1. The Balaban J connectivity index is 1.76. The number of H-pyrrole nitrogens is 1. The standard InChI is InChI=1S/C12H15N5O/c1-17-9(4-5-14-17)7-13-10-6-11(18)16-12(15-10)8-2-3-8/h4-6,8H,2-3,7H2,1H3,(H2,13,15,16,18). The van der Waals surface area contributed by atoms with Gasteiger partial charge in [0.15, 0.2) is 0 Å². The molecule has 1 fully saturated rings. The highest BCUT2D eigenvalue weighted by atomic mass is 16.1. The van der Waals surface area contributed by atoms with Crippen LogP contribution < -0.4 is 10.9 Å². The van der Waals surface area contributed by atoms with Crippen LogP contribution in [0.15, 0.2) is 23.1 Å². The number of hydrogen-bond donors (Lipinski definition) is 2. The van der Waals surface area contributed by atoms with Crippen LogP contribution in [-0.2, 0) is 13.6 Å². The van der Waals surface area contributed by atoms with E-state index in [1.807, 2.05) is 13.1 Å². The number of aryl methyl sites for hydroxylation is 1. The van der Waals surface area contributed by atoms with Crippen molar-refractivity contribution in [1.29, 1.82) is 0 Å². The van der Waals surface area contributed by atoms with E-state index in [-0.39, 0.29) is 5.56 Å². The second kappa shape index (κ2) is 4.29. The number of aromatic nitrogens is 4. The lowest BCUT2D eigenvalue weighted by Gasteiger charge is -2.07. The number of hydrogen-bond acceptors (Lipinski definition) is 4. The molecule has 0 radical (unpaired) electrons. The molecule has 0 spiro atoms. The molecule has 2 heterocycles. The molecule has 18 heavy (non-hydrogen) atoms. The van der Waals surface area contributed by atoms with Gasteiger partial charge in [0, 0.05) is 25.2 Å². The fraction of sp³-hybridized carbons (Fsp3) is 0.417. The van der Waals surface area contributed by atoms with Gasteiger partial charge in [-0.25, -0.2) is 4.98 Å². The van der Waals surface area contributed by atoms with Gasteiger partial charge in [0.2, 0.25) is 0 Å². The number of nitrogens with one attached hydrogen (secondary N) is 2. The first-order valence-electron chi connectivity index (χ1n) is 6.04. The maximum absolute atomic E-state index is 11.5. The smallest absolute Gasteiger partial charge is 0.252 e. The zero-order valence-corrected chi connectivity index (χ0v) is 10.2. The second-order valence-corrected chi connectivity index (χ2v) is 4.59. The Morgan fingerprint density at radius 3 is 3.06 bits per heavy atom. The van der Waals surface area contributed by atoms with Crippen LogP contribution in [0.4, 0.5) is 5.82 Å². The zero-order valence-electron chi connectivity index (χ0n) is 10.2. The molecule has 6 heteroatoms. The van der Waals surface area contributed by atoms with Gasteiger partial charge in [0.25, 0.3) is 5.56 Å². The summed E-state index contributed by atoms with van der Waals surface area (Å²) in [5.74, 6) is 1.87. The van der Waals surface area contributed by atoms with Crippen molar-refractivity contribution < 1.29 is 0 Å². The summed E-state index contributed by atoms with van der Waals surface area (Å²) in [4.78, 5) is 18.7. The van der Waals surface area contributed by atoms with Crippen LogP contribution in [0.25, 0.3) is 0 Å². The molecule has 1 aliphatic carbocycles. The minimum Gasteiger partial charge on any atom is -0.364 e. The molecule has 0 saturated heterocycles. The normalized spacial score (nSPS) is 14.7. The first kappa shape index (κ1) is 11.0. The third-order valence-electron chi connectivity index (χ3n) is 3.10. The minimum atomic E-state index is -0.0978. The molecule has 1 saturated carbocycles. The van der Waals surface area contributed by atoms with E-state index in [2.05, 4.69) is 20.4 Å². The summed E-state index contributed by atoms with van der Waals surface area (Å²) in [5, 5.41) is 7.25. The fourth-order valence-electron chi connectivity index (χ4n) is 1.87. The number of nitrogens with zero attached hydrogens (tertiary/aromatic N) is 3. The van der Waals surface area contributed by atoms with Crippen LogP contribution in [0.2, 0.25) is 0 Å². The van der Waals surface area contributed by atoms with Gasteiger partial charge in [0.05, 0.1) is 12.2 Å². The Kier molecular flexibility index (Phi) is 2.62. The number of aromatic amines is 1. The highest BCUT2D eigenvalue weighted by molar-refractivity contribution is 5.34. The van der Waals surface area contributed by atoms with E-state index in [1.54, 1.807) is 10.9 Å². The van der Waals surface area contributed by atoms with Gasteiger partial charge < -0.3 is 10.3 Å². The minimum absolute atomic E-state index is 0.0978. The van der Waals surface area contributed by atoms with E-state index in [0.717, 1.165) is 24.4 Å². The Labute approximate surface area is 104 Å². The van der Waals surface area contributed by atoms with Crippen LogP contribution in [0, 0.1) is 0 Å². The fourth-order valence-corrected chi connectivity index (χ4v) is 1.87.